The van der Waals surface area contributed by atoms with E-state index in [2.05, 4.69) is 14.8 Å². The van der Waals surface area contributed by atoms with Crippen LogP contribution in [-0.2, 0) is 4.74 Å². The molecule has 1 aromatic rings. The summed E-state index contributed by atoms with van der Waals surface area (Å²) in [5, 5.41) is 0. The number of piperazine rings is 1. The van der Waals surface area contributed by atoms with Crippen LogP contribution in [0.1, 0.15) is 12.8 Å². The summed E-state index contributed by atoms with van der Waals surface area (Å²) in [6.07, 6.45) is 4.38. The molecule has 4 rings (SSSR count). The van der Waals surface area contributed by atoms with Crippen molar-refractivity contribution in [2.75, 3.05) is 31.2 Å². The van der Waals surface area contributed by atoms with E-state index in [4.69, 9.17) is 12.6 Å². The number of hydrogen-bond acceptors (Lipinski definition) is 4. The summed E-state index contributed by atoms with van der Waals surface area (Å²) in [5.74, 6) is 1.07. The van der Waals surface area contributed by atoms with Crippen molar-refractivity contribution in [2.45, 2.75) is 31.0 Å². The van der Waals surface area contributed by atoms with Crippen LogP contribution in [0.3, 0.4) is 0 Å². The van der Waals surface area contributed by atoms with E-state index < -0.39 is 0 Å². The second-order valence-electron chi connectivity index (χ2n) is 5.88. The summed E-state index contributed by atoms with van der Waals surface area (Å²) in [4.78, 5) is 9.58. The summed E-state index contributed by atoms with van der Waals surface area (Å²) in [7, 11) is 5.71. The number of anilines is 1. The van der Waals surface area contributed by atoms with Gasteiger partial charge in [-0.15, -0.1) is 0 Å². The molecule has 2 bridgehead atoms. The predicted octanol–water partition coefficient (Wildman–Crippen LogP) is -0.0728. The molecule has 0 N–H and O–H groups in total. The van der Waals surface area contributed by atoms with Gasteiger partial charge in [-0.25, -0.2) is 4.98 Å². The lowest BCUT2D eigenvalue weighted by Gasteiger charge is -2.48. The van der Waals surface area contributed by atoms with Gasteiger partial charge < -0.3 is 9.64 Å². The first-order chi connectivity index (χ1) is 9.31. The fourth-order valence-electron chi connectivity index (χ4n) is 3.70. The molecule has 3 saturated heterocycles. The van der Waals surface area contributed by atoms with E-state index in [9.17, 15) is 0 Å². The topological polar surface area (TPSA) is 28.6 Å². The molecular formula is C14H18BN3O. The maximum Gasteiger partial charge on any atom is 0.128 e. The summed E-state index contributed by atoms with van der Waals surface area (Å²) in [6, 6.07) is 5.99. The molecule has 3 fully saturated rings. The van der Waals surface area contributed by atoms with Crippen molar-refractivity contribution in [3.05, 3.63) is 18.3 Å². The number of nitrogens with zero attached hydrogens (tertiary/aromatic N) is 3. The van der Waals surface area contributed by atoms with Crippen molar-refractivity contribution < 1.29 is 4.74 Å². The minimum atomic E-state index is 0.666. The van der Waals surface area contributed by atoms with Crippen LogP contribution in [0.5, 0.6) is 0 Å². The summed E-state index contributed by atoms with van der Waals surface area (Å²) >= 11 is 0. The van der Waals surface area contributed by atoms with E-state index in [1.54, 1.807) is 6.20 Å². The molecule has 3 aliphatic rings. The Morgan fingerprint density at radius 1 is 1.11 bits per heavy atom. The van der Waals surface area contributed by atoms with Crippen LogP contribution >= 0.6 is 0 Å². The molecule has 0 aliphatic carbocycles. The third-order valence-electron chi connectivity index (χ3n) is 4.68. The number of rotatable bonds is 2. The summed E-state index contributed by atoms with van der Waals surface area (Å²) < 4.78 is 5.36. The van der Waals surface area contributed by atoms with Gasteiger partial charge in [-0.3, -0.25) is 4.90 Å². The number of ether oxygens (including phenoxy) is 1. The zero-order chi connectivity index (χ0) is 12.8. The van der Waals surface area contributed by atoms with Crippen molar-refractivity contribution in [3.63, 3.8) is 0 Å². The Morgan fingerprint density at radius 3 is 2.37 bits per heavy atom. The molecular weight excluding hydrogens is 237 g/mol. The van der Waals surface area contributed by atoms with Gasteiger partial charge in [0.15, 0.2) is 0 Å². The van der Waals surface area contributed by atoms with Crippen LogP contribution in [0, 0.1) is 0 Å². The van der Waals surface area contributed by atoms with Crippen LogP contribution in [0.4, 0.5) is 5.82 Å². The van der Waals surface area contributed by atoms with Gasteiger partial charge in [0, 0.05) is 31.4 Å². The van der Waals surface area contributed by atoms with E-state index in [0.29, 0.717) is 18.1 Å². The number of fused-ring (bicyclic) bond motifs is 2. The van der Waals surface area contributed by atoms with E-state index in [0.717, 1.165) is 37.6 Å². The highest BCUT2D eigenvalue weighted by Crippen LogP contribution is 2.35. The zero-order valence-electron chi connectivity index (χ0n) is 11.0. The van der Waals surface area contributed by atoms with Gasteiger partial charge in [-0.2, -0.15) is 0 Å². The molecule has 2 atom stereocenters. The highest BCUT2D eigenvalue weighted by molar-refractivity contribution is 6.32. The zero-order valence-corrected chi connectivity index (χ0v) is 11.0. The predicted molar refractivity (Wildman–Crippen MR) is 75.1 cm³/mol. The third kappa shape index (κ3) is 1.96. The Hall–Kier alpha value is -1.07. The van der Waals surface area contributed by atoms with Crippen molar-refractivity contribution in [3.8, 4) is 0 Å². The lowest BCUT2D eigenvalue weighted by molar-refractivity contribution is -0.0850. The van der Waals surface area contributed by atoms with Crippen molar-refractivity contribution >= 4 is 19.1 Å². The van der Waals surface area contributed by atoms with Crippen LogP contribution in [0.2, 0.25) is 0 Å². The molecule has 0 amide bonds. The molecule has 0 aromatic carbocycles. The first-order valence-corrected chi connectivity index (χ1v) is 7.13. The molecule has 2 radical (unpaired) electrons. The molecule has 4 nitrogen and oxygen atoms in total. The molecule has 19 heavy (non-hydrogen) atoms. The van der Waals surface area contributed by atoms with Crippen molar-refractivity contribution in [1.82, 2.24) is 9.88 Å². The molecule has 1 aromatic heterocycles. The van der Waals surface area contributed by atoms with Gasteiger partial charge in [0.1, 0.15) is 13.7 Å². The fraction of sp³-hybridized carbons (Fsp3) is 0.643. The van der Waals surface area contributed by atoms with Gasteiger partial charge in [0.2, 0.25) is 0 Å². The Balaban J connectivity index is 1.52. The maximum absolute atomic E-state index is 5.71. The standard InChI is InChI=1S/C14H18BN3O/c15-10-1-4-14(16-5-10)17-6-11-2-3-12(7-17)18(11)13-8-19-9-13/h1,4-5,11-13H,2-3,6-9H2. The monoisotopic (exact) mass is 255 g/mol. The Labute approximate surface area is 115 Å². The van der Waals surface area contributed by atoms with E-state index in [1.165, 1.54) is 12.8 Å². The van der Waals surface area contributed by atoms with Crippen LogP contribution in [0.25, 0.3) is 0 Å². The highest BCUT2D eigenvalue weighted by Gasteiger charge is 2.45. The highest BCUT2D eigenvalue weighted by atomic mass is 16.5. The van der Waals surface area contributed by atoms with E-state index in [-0.39, 0.29) is 0 Å². The quantitative estimate of drug-likeness (QED) is 0.691. The van der Waals surface area contributed by atoms with Crippen molar-refractivity contribution in [2.24, 2.45) is 0 Å². The third-order valence-corrected chi connectivity index (χ3v) is 4.68. The minimum Gasteiger partial charge on any atom is -0.378 e. The van der Waals surface area contributed by atoms with Crippen LogP contribution in [-0.4, -0.2) is 62.2 Å². The van der Waals surface area contributed by atoms with Crippen LogP contribution in [0.15, 0.2) is 18.3 Å². The fourth-order valence-corrected chi connectivity index (χ4v) is 3.70. The molecule has 5 heteroatoms. The summed E-state index contributed by atoms with van der Waals surface area (Å²) in [5.41, 5.74) is 0.733. The van der Waals surface area contributed by atoms with E-state index in [1.807, 2.05) is 12.1 Å². The lowest BCUT2D eigenvalue weighted by atomic mass is 9.99. The molecule has 0 spiro atoms. The minimum absolute atomic E-state index is 0.666. The van der Waals surface area contributed by atoms with Gasteiger partial charge in [0.05, 0.1) is 19.3 Å². The van der Waals surface area contributed by atoms with Gasteiger partial charge in [-0.05, 0) is 18.9 Å². The molecule has 4 heterocycles. The molecule has 3 aliphatic heterocycles. The average Bonchev–Trinajstić information content (AvgIpc) is 2.60. The molecule has 0 saturated carbocycles. The normalized spacial score (nSPS) is 31.5. The smallest absolute Gasteiger partial charge is 0.128 e. The van der Waals surface area contributed by atoms with Gasteiger partial charge in [0.25, 0.3) is 0 Å². The largest absolute Gasteiger partial charge is 0.378 e. The first-order valence-electron chi connectivity index (χ1n) is 7.13. The Bertz CT molecular complexity index is 448. The maximum atomic E-state index is 5.71. The van der Waals surface area contributed by atoms with Crippen LogP contribution < -0.4 is 10.4 Å². The van der Waals surface area contributed by atoms with E-state index >= 15 is 0 Å². The number of pyridine rings is 1. The average molecular weight is 255 g/mol. The summed E-state index contributed by atoms with van der Waals surface area (Å²) in [6.45, 7) is 4.02. The number of hydrogen-bond donors (Lipinski definition) is 0. The SMILES string of the molecule is [B]c1ccc(N2CC3CCC(C2)N3C2COC2)nc1. The van der Waals surface area contributed by atoms with Gasteiger partial charge in [-0.1, -0.05) is 11.5 Å². The number of aromatic nitrogens is 1. The molecule has 98 valence electrons. The second-order valence-corrected chi connectivity index (χ2v) is 5.88. The first kappa shape index (κ1) is 11.7. The lowest BCUT2D eigenvalue weighted by Crippen LogP contribution is -2.62. The van der Waals surface area contributed by atoms with Gasteiger partial charge >= 0.3 is 0 Å². The van der Waals surface area contributed by atoms with Crippen molar-refractivity contribution in [1.29, 1.82) is 0 Å². The second kappa shape index (κ2) is 4.49. The Kier molecular flexibility index (Phi) is 2.78. The Morgan fingerprint density at radius 2 is 1.84 bits per heavy atom. The molecule has 2 unspecified atom stereocenters.